The molecule has 0 fully saturated rings. The van der Waals surface area contributed by atoms with Crippen molar-refractivity contribution in [2.45, 2.75) is 39.5 Å². The molecule has 0 aliphatic carbocycles. The second-order valence-electron chi connectivity index (χ2n) is 6.40. The van der Waals surface area contributed by atoms with Crippen LogP contribution in [0.15, 0.2) is 57.7 Å². The summed E-state index contributed by atoms with van der Waals surface area (Å²) in [6.07, 6.45) is 0. The molecule has 2 aromatic rings. The molecule has 0 heterocycles. The Morgan fingerprint density at radius 2 is 1.46 bits per heavy atom. The number of rotatable bonds is 4. The fourth-order valence-corrected chi connectivity index (χ4v) is 2.53. The van der Waals surface area contributed by atoms with Crippen LogP contribution in [0.5, 0.6) is 5.75 Å². The van der Waals surface area contributed by atoms with Crippen molar-refractivity contribution in [3.05, 3.63) is 59.2 Å². The highest BCUT2D eigenvalue weighted by atomic mass is 16.3. The maximum absolute atomic E-state index is 10.5. The molecule has 0 unspecified atom stereocenters. The molecule has 4 heteroatoms. The first-order valence-corrected chi connectivity index (χ1v) is 8.24. The number of azo groups is 1. The summed E-state index contributed by atoms with van der Waals surface area (Å²) in [7, 11) is 1.71. The second kappa shape index (κ2) is 7.86. The number of hydrogen-bond donors (Lipinski definition) is 1. The Morgan fingerprint density at radius 1 is 0.917 bits per heavy atom. The van der Waals surface area contributed by atoms with Gasteiger partial charge in [-0.25, -0.2) is 0 Å². The normalized spacial score (nSPS) is 12.5. The fourth-order valence-electron chi connectivity index (χ4n) is 2.53. The van der Waals surface area contributed by atoms with E-state index in [0.29, 0.717) is 11.6 Å². The molecular formula is C20H25N3O. The second-order valence-corrected chi connectivity index (χ2v) is 6.40. The lowest BCUT2D eigenvalue weighted by molar-refractivity contribution is 0.454. The number of amidine groups is 1. The molecule has 0 amide bonds. The molecule has 2 rings (SSSR count). The highest BCUT2D eigenvalue weighted by Gasteiger charge is 2.15. The molecule has 0 atom stereocenters. The fraction of sp³-hybridized carbons (Fsp3) is 0.350. The van der Waals surface area contributed by atoms with Crippen LogP contribution >= 0.6 is 0 Å². The van der Waals surface area contributed by atoms with E-state index in [2.05, 4.69) is 42.9 Å². The third-order valence-corrected chi connectivity index (χ3v) is 3.90. The summed E-state index contributed by atoms with van der Waals surface area (Å²) in [5.74, 6) is 1.38. The van der Waals surface area contributed by atoms with Gasteiger partial charge < -0.3 is 5.11 Å². The highest BCUT2D eigenvalue weighted by molar-refractivity contribution is 5.99. The zero-order valence-electron chi connectivity index (χ0n) is 15.0. The predicted octanol–water partition coefficient (Wildman–Crippen LogP) is 5.80. The average molecular weight is 323 g/mol. The Labute approximate surface area is 144 Å². The molecule has 24 heavy (non-hydrogen) atoms. The van der Waals surface area contributed by atoms with Crippen LogP contribution in [0.4, 0.5) is 5.69 Å². The van der Waals surface area contributed by atoms with Crippen LogP contribution in [0.1, 0.15) is 56.2 Å². The van der Waals surface area contributed by atoms with Crippen LogP contribution in [0.3, 0.4) is 0 Å². The zero-order chi connectivity index (χ0) is 17.7. The lowest BCUT2D eigenvalue weighted by Gasteiger charge is -2.15. The summed E-state index contributed by atoms with van der Waals surface area (Å²) in [5, 5.41) is 19.1. The van der Waals surface area contributed by atoms with E-state index in [1.54, 1.807) is 7.05 Å². The van der Waals surface area contributed by atoms with Crippen LogP contribution in [0.25, 0.3) is 0 Å². The first-order chi connectivity index (χ1) is 11.4. The van der Waals surface area contributed by atoms with Crippen molar-refractivity contribution in [2.75, 3.05) is 7.05 Å². The minimum Gasteiger partial charge on any atom is -0.507 e. The van der Waals surface area contributed by atoms with Crippen molar-refractivity contribution < 1.29 is 5.11 Å². The van der Waals surface area contributed by atoms with Gasteiger partial charge in [-0.15, -0.1) is 10.2 Å². The van der Waals surface area contributed by atoms with Gasteiger partial charge in [0.1, 0.15) is 5.75 Å². The van der Waals surface area contributed by atoms with Crippen LogP contribution in [-0.2, 0) is 0 Å². The van der Waals surface area contributed by atoms with E-state index in [1.165, 1.54) is 0 Å². The summed E-state index contributed by atoms with van der Waals surface area (Å²) in [6.45, 7) is 8.23. The van der Waals surface area contributed by atoms with Crippen LogP contribution in [0.2, 0.25) is 0 Å². The number of nitrogens with zero attached hydrogens (tertiary/aromatic N) is 3. The molecule has 0 bridgehead atoms. The minimum absolute atomic E-state index is 0.214. The van der Waals surface area contributed by atoms with Crippen LogP contribution in [0, 0.1) is 0 Å². The van der Waals surface area contributed by atoms with E-state index < -0.39 is 0 Å². The predicted molar refractivity (Wildman–Crippen MR) is 99.7 cm³/mol. The third-order valence-electron chi connectivity index (χ3n) is 3.90. The molecule has 126 valence electrons. The van der Waals surface area contributed by atoms with Gasteiger partial charge in [-0.05, 0) is 35.1 Å². The monoisotopic (exact) mass is 323 g/mol. The van der Waals surface area contributed by atoms with E-state index in [-0.39, 0.29) is 11.8 Å². The van der Waals surface area contributed by atoms with E-state index in [0.717, 1.165) is 22.4 Å². The van der Waals surface area contributed by atoms with Gasteiger partial charge in [-0.3, -0.25) is 4.99 Å². The number of benzene rings is 2. The van der Waals surface area contributed by atoms with Crippen molar-refractivity contribution in [3.63, 3.8) is 0 Å². The summed E-state index contributed by atoms with van der Waals surface area (Å²) in [4.78, 5) is 4.21. The third kappa shape index (κ3) is 4.07. The van der Waals surface area contributed by atoms with Gasteiger partial charge >= 0.3 is 0 Å². The van der Waals surface area contributed by atoms with Crippen LogP contribution in [-0.4, -0.2) is 18.0 Å². The molecule has 4 nitrogen and oxygen atoms in total. The van der Waals surface area contributed by atoms with Crippen molar-refractivity contribution in [2.24, 2.45) is 15.2 Å². The van der Waals surface area contributed by atoms with Gasteiger partial charge in [0.25, 0.3) is 0 Å². The molecular weight excluding hydrogens is 298 g/mol. The number of phenolic OH excluding ortho intramolecular Hbond substituents is 1. The molecule has 0 radical (unpaired) electrons. The summed E-state index contributed by atoms with van der Waals surface area (Å²) < 4.78 is 0. The molecule has 0 aromatic heterocycles. The number of aliphatic imine (C=N–C) groups is 1. The number of hydrogen-bond acceptors (Lipinski definition) is 3. The molecule has 0 spiro atoms. The lowest BCUT2D eigenvalue weighted by Crippen LogP contribution is -1.96. The first-order valence-electron chi connectivity index (χ1n) is 8.24. The average Bonchev–Trinajstić information content (AvgIpc) is 2.57. The van der Waals surface area contributed by atoms with Crippen molar-refractivity contribution in [1.29, 1.82) is 0 Å². The van der Waals surface area contributed by atoms with E-state index in [9.17, 15) is 5.11 Å². The Bertz CT molecular complexity index is 718. The zero-order valence-corrected chi connectivity index (χ0v) is 15.0. The quantitative estimate of drug-likeness (QED) is 0.431. The topological polar surface area (TPSA) is 57.3 Å². The Balaban J connectivity index is 2.42. The van der Waals surface area contributed by atoms with Crippen molar-refractivity contribution in [1.82, 2.24) is 0 Å². The smallest absolute Gasteiger partial charge is 0.176 e. The SMILES string of the molecule is CN=C(N=Nc1cc(C(C)C)c(O)c(C(C)C)c1)c1ccccc1. The van der Waals surface area contributed by atoms with Gasteiger partial charge in [0.2, 0.25) is 0 Å². The highest BCUT2D eigenvalue weighted by Crippen LogP contribution is 2.37. The van der Waals surface area contributed by atoms with Crippen molar-refractivity contribution >= 4 is 11.5 Å². The summed E-state index contributed by atoms with van der Waals surface area (Å²) in [5.41, 5.74) is 3.45. The molecule has 0 aliphatic heterocycles. The van der Waals surface area contributed by atoms with Gasteiger partial charge in [0.05, 0.1) is 5.69 Å². The number of phenols is 1. The summed E-state index contributed by atoms with van der Waals surface area (Å²) in [6, 6.07) is 13.6. The van der Waals surface area contributed by atoms with Crippen molar-refractivity contribution in [3.8, 4) is 5.75 Å². The molecule has 0 aliphatic rings. The number of aromatic hydroxyl groups is 1. The maximum atomic E-state index is 10.5. The summed E-state index contributed by atoms with van der Waals surface area (Å²) >= 11 is 0. The van der Waals surface area contributed by atoms with Gasteiger partial charge in [-0.2, -0.15) is 0 Å². The van der Waals surface area contributed by atoms with Gasteiger partial charge in [-0.1, -0.05) is 58.0 Å². The maximum Gasteiger partial charge on any atom is 0.176 e. The van der Waals surface area contributed by atoms with E-state index in [4.69, 9.17) is 0 Å². The first kappa shape index (κ1) is 17.9. The van der Waals surface area contributed by atoms with E-state index >= 15 is 0 Å². The van der Waals surface area contributed by atoms with Gasteiger partial charge in [0, 0.05) is 12.6 Å². The largest absolute Gasteiger partial charge is 0.507 e. The molecule has 1 N–H and O–H groups in total. The molecule has 2 aromatic carbocycles. The van der Waals surface area contributed by atoms with E-state index in [1.807, 2.05) is 42.5 Å². The van der Waals surface area contributed by atoms with Crippen LogP contribution < -0.4 is 0 Å². The Hall–Kier alpha value is -2.49. The van der Waals surface area contributed by atoms with Gasteiger partial charge in [0.15, 0.2) is 5.84 Å². The minimum atomic E-state index is 0.214. The Kier molecular flexibility index (Phi) is 5.85. The molecule has 0 saturated heterocycles. The standard InChI is InChI=1S/C20H25N3O/c1-13(2)17-11-16(12-18(14(3)4)19(17)24)22-23-20(21-5)15-9-7-6-8-10-15/h6-14,24H,1-5H3. The Morgan fingerprint density at radius 3 is 1.92 bits per heavy atom. The molecule has 0 saturated carbocycles. The lowest BCUT2D eigenvalue weighted by atomic mass is 9.93.